The Morgan fingerprint density at radius 3 is 2.62 bits per heavy atom. The van der Waals surface area contributed by atoms with Gasteiger partial charge in [-0.1, -0.05) is 57.9 Å². The summed E-state index contributed by atoms with van der Waals surface area (Å²) in [5, 5.41) is 19.0. The van der Waals surface area contributed by atoms with Gasteiger partial charge < -0.3 is 5.11 Å². The van der Waals surface area contributed by atoms with Crippen LogP contribution in [0, 0.1) is 46.3 Å². The maximum Gasteiger partial charge on any atom is 0.100 e. The third kappa shape index (κ3) is 4.27. The molecule has 0 saturated heterocycles. The van der Waals surface area contributed by atoms with Crippen molar-refractivity contribution in [2.24, 2.45) is 46.3 Å². The summed E-state index contributed by atoms with van der Waals surface area (Å²) in [6.07, 6.45) is 16.9. The normalized spacial score (nSPS) is 42.8. The zero-order chi connectivity index (χ0) is 23.1. The maximum atomic E-state index is 10.3. The predicted octanol–water partition coefficient (Wildman–Crippen LogP) is 7.41. The van der Waals surface area contributed by atoms with Crippen molar-refractivity contribution in [3.8, 4) is 0 Å². The molecule has 0 amide bonds. The van der Waals surface area contributed by atoms with E-state index in [2.05, 4.69) is 51.7 Å². The molecular weight excluding hydrogens is 396 g/mol. The van der Waals surface area contributed by atoms with Crippen molar-refractivity contribution < 1.29 is 15.3 Å². The first kappa shape index (κ1) is 24.5. The third-order valence-electron chi connectivity index (χ3n) is 10.9. The fourth-order valence-corrected chi connectivity index (χ4v) is 8.98. The summed E-state index contributed by atoms with van der Waals surface area (Å²) in [4.78, 5) is 4.32. The van der Waals surface area contributed by atoms with Crippen LogP contribution < -0.4 is 0 Å². The van der Waals surface area contributed by atoms with Gasteiger partial charge in [-0.2, -0.15) is 0 Å². The Hall–Kier alpha value is -0.640. The first-order valence-electron chi connectivity index (χ1n) is 13.5. The molecule has 0 unspecified atom stereocenters. The van der Waals surface area contributed by atoms with Crippen molar-refractivity contribution in [3.63, 3.8) is 0 Å². The van der Waals surface area contributed by atoms with Gasteiger partial charge in [0, 0.05) is 0 Å². The number of fused-ring (bicyclic) bond motifs is 5. The summed E-state index contributed by atoms with van der Waals surface area (Å²) in [7, 11) is 0. The van der Waals surface area contributed by atoms with Crippen LogP contribution in [0.1, 0.15) is 98.8 Å². The van der Waals surface area contributed by atoms with Gasteiger partial charge in [0.25, 0.3) is 0 Å². The summed E-state index contributed by atoms with van der Waals surface area (Å²) in [6, 6.07) is 0. The molecule has 182 valence electrons. The van der Waals surface area contributed by atoms with Crippen molar-refractivity contribution in [3.05, 3.63) is 23.3 Å². The van der Waals surface area contributed by atoms with E-state index in [-0.39, 0.29) is 6.10 Å². The Bertz CT molecular complexity index is 724. The lowest BCUT2D eigenvalue weighted by Gasteiger charge is -2.58. The highest BCUT2D eigenvalue weighted by molar-refractivity contribution is 5.25. The molecular formula is C29H48O3. The quantitative estimate of drug-likeness (QED) is 0.244. The summed E-state index contributed by atoms with van der Waals surface area (Å²) >= 11 is 0. The highest BCUT2D eigenvalue weighted by Gasteiger charge is 2.59. The number of aliphatic hydroxyl groups is 1. The lowest BCUT2D eigenvalue weighted by atomic mass is 9.47. The SMILES string of the molecule is CC(C)/C(=C\COO)CC[C@@H](C)[C@H]1CC[C@H]2[C@@H]3CC=C4C[C@@H](O)CC[C@]4(C)[C@H]3CC[C@]12C. The molecule has 0 aromatic heterocycles. The van der Waals surface area contributed by atoms with E-state index < -0.39 is 0 Å². The Kier molecular flexibility index (Phi) is 7.30. The molecule has 0 radical (unpaired) electrons. The fraction of sp³-hybridized carbons (Fsp3) is 0.862. The highest BCUT2D eigenvalue weighted by Crippen LogP contribution is 2.67. The van der Waals surface area contributed by atoms with Crippen molar-refractivity contribution >= 4 is 0 Å². The Balaban J connectivity index is 1.46. The minimum absolute atomic E-state index is 0.106. The van der Waals surface area contributed by atoms with E-state index in [9.17, 15) is 5.11 Å². The third-order valence-corrected chi connectivity index (χ3v) is 10.9. The monoisotopic (exact) mass is 444 g/mol. The Labute approximate surface area is 196 Å². The van der Waals surface area contributed by atoms with Gasteiger partial charge in [-0.15, -0.1) is 0 Å². The van der Waals surface area contributed by atoms with Gasteiger partial charge in [-0.25, -0.2) is 4.89 Å². The second kappa shape index (κ2) is 9.55. The number of hydrogen-bond acceptors (Lipinski definition) is 3. The van der Waals surface area contributed by atoms with E-state index in [0.29, 0.717) is 23.4 Å². The molecule has 3 heteroatoms. The average Bonchev–Trinajstić information content (AvgIpc) is 3.11. The van der Waals surface area contributed by atoms with Crippen molar-refractivity contribution in [2.45, 2.75) is 105 Å². The van der Waals surface area contributed by atoms with Crippen LogP contribution in [-0.4, -0.2) is 23.1 Å². The van der Waals surface area contributed by atoms with Crippen molar-refractivity contribution in [1.82, 2.24) is 0 Å². The largest absolute Gasteiger partial charge is 0.393 e. The van der Waals surface area contributed by atoms with Crippen molar-refractivity contribution in [1.29, 1.82) is 0 Å². The van der Waals surface area contributed by atoms with Crippen LogP contribution in [-0.2, 0) is 4.89 Å². The summed E-state index contributed by atoms with van der Waals surface area (Å²) in [6.45, 7) is 12.5. The van der Waals surface area contributed by atoms with Crippen LogP contribution in [0.5, 0.6) is 0 Å². The molecule has 0 heterocycles. The lowest BCUT2D eigenvalue weighted by molar-refractivity contribution is -0.232. The zero-order valence-electron chi connectivity index (χ0n) is 21.3. The van der Waals surface area contributed by atoms with E-state index in [1.807, 2.05) is 0 Å². The van der Waals surface area contributed by atoms with Gasteiger partial charge in [0.2, 0.25) is 0 Å². The molecule has 0 bridgehead atoms. The average molecular weight is 445 g/mol. The van der Waals surface area contributed by atoms with Crippen LogP contribution in [0.2, 0.25) is 0 Å². The molecule has 3 nitrogen and oxygen atoms in total. The minimum atomic E-state index is -0.106. The van der Waals surface area contributed by atoms with E-state index in [1.54, 1.807) is 5.57 Å². The number of allylic oxidation sites excluding steroid dienone is 2. The van der Waals surface area contributed by atoms with Crippen LogP contribution in [0.15, 0.2) is 23.3 Å². The van der Waals surface area contributed by atoms with E-state index in [1.165, 1.54) is 50.5 Å². The summed E-state index contributed by atoms with van der Waals surface area (Å²) in [5.74, 6) is 4.64. The predicted molar refractivity (Wildman–Crippen MR) is 131 cm³/mol. The highest BCUT2D eigenvalue weighted by atomic mass is 17.1. The van der Waals surface area contributed by atoms with E-state index in [0.717, 1.165) is 48.9 Å². The van der Waals surface area contributed by atoms with Crippen LogP contribution in [0.3, 0.4) is 0 Å². The second-order valence-electron chi connectivity index (χ2n) is 12.6. The molecule has 2 N–H and O–H groups in total. The van der Waals surface area contributed by atoms with Gasteiger partial charge in [0.15, 0.2) is 0 Å². The van der Waals surface area contributed by atoms with Gasteiger partial charge in [-0.3, -0.25) is 5.26 Å². The topological polar surface area (TPSA) is 49.7 Å². The first-order chi connectivity index (χ1) is 15.2. The van der Waals surface area contributed by atoms with Gasteiger partial charge in [0.1, 0.15) is 6.61 Å². The number of rotatable bonds is 7. The van der Waals surface area contributed by atoms with Crippen LogP contribution >= 0.6 is 0 Å². The maximum absolute atomic E-state index is 10.3. The fourth-order valence-electron chi connectivity index (χ4n) is 8.98. The molecule has 0 aliphatic heterocycles. The summed E-state index contributed by atoms with van der Waals surface area (Å²) in [5.41, 5.74) is 3.85. The molecule has 4 aliphatic rings. The molecule has 4 rings (SSSR count). The van der Waals surface area contributed by atoms with Gasteiger partial charge >= 0.3 is 0 Å². The molecule has 4 aliphatic carbocycles. The molecule has 0 aromatic carbocycles. The van der Waals surface area contributed by atoms with Crippen LogP contribution in [0.4, 0.5) is 0 Å². The van der Waals surface area contributed by atoms with E-state index >= 15 is 0 Å². The first-order valence-corrected chi connectivity index (χ1v) is 13.5. The lowest BCUT2D eigenvalue weighted by Crippen LogP contribution is -2.50. The second-order valence-corrected chi connectivity index (χ2v) is 12.6. The smallest absolute Gasteiger partial charge is 0.100 e. The Morgan fingerprint density at radius 2 is 1.91 bits per heavy atom. The van der Waals surface area contributed by atoms with Gasteiger partial charge in [0.05, 0.1) is 6.10 Å². The minimum Gasteiger partial charge on any atom is -0.393 e. The number of hydrogen-bond donors (Lipinski definition) is 2. The molecule has 8 atom stereocenters. The molecule has 0 spiro atoms. The van der Waals surface area contributed by atoms with Crippen molar-refractivity contribution in [2.75, 3.05) is 6.61 Å². The summed E-state index contributed by atoms with van der Waals surface area (Å²) < 4.78 is 0. The van der Waals surface area contributed by atoms with Crippen LogP contribution in [0.25, 0.3) is 0 Å². The molecule has 3 saturated carbocycles. The molecule has 3 fully saturated rings. The molecule has 0 aromatic rings. The standard InChI is InChI=1S/C29H48O3/c1-19(2)21(14-17-32-31)7-6-20(3)25-10-11-26-24-9-8-22-18-23(30)12-15-28(22,4)27(24)13-16-29(25,26)5/h8,14,19-20,23-27,30-31H,6-7,9-13,15-18H2,1-5H3/b21-14-/t20-,23+,24+,25-,26+,27+,28+,29-/m1/s1. The Morgan fingerprint density at radius 1 is 1.12 bits per heavy atom. The number of aliphatic hydroxyl groups excluding tert-OH is 1. The van der Waals surface area contributed by atoms with Gasteiger partial charge in [-0.05, 0) is 111 Å². The molecule has 32 heavy (non-hydrogen) atoms. The van der Waals surface area contributed by atoms with E-state index in [4.69, 9.17) is 5.26 Å². The zero-order valence-corrected chi connectivity index (χ0v) is 21.3.